The van der Waals surface area contributed by atoms with Gasteiger partial charge in [-0.05, 0) is 39.3 Å². The molecule has 1 fully saturated rings. The second-order valence-electron chi connectivity index (χ2n) is 6.36. The van der Waals surface area contributed by atoms with Crippen LogP contribution in [0.3, 0.4) is 0 Å². The first-order chi connectivity index (χ1) is 10.3. The summed E-state index contributed by atoms with van der Waals surface area (Å²) in [6, 6.07) is 3.83. The van der Waals surface area contributed by atoms with Crippen LogP contribution in [0.1, 0.15) is 43.4 Å². The molecule has 3 N–H and O–H groups in total. The molecule has 7 nitrogen and oxygen atoms in total. The van der Waals surface area contributed by atoms with Crippen LogP contribution in [-0.4, -0.2) is 41.8 Å². The van der Waals surface area contributed by atoms with Crippen LogP contribution in [0, 0.1) is 0 Å². The summed E-state index contributed by atoms with van der Waals surface area (Å²) in [5.74, 6) is -0.387. The lowest BCUT2D eigenvalue weighted by atomic mass is 10.2. The van der Waals surface area contributed by atoms with Gasteiger partial charge in [-0.1, -0.05) is 0 Å². The van der Waals surface area contributed by atoms with E-state index >= 15 is 0 Å². The van der Waals surface area contributed by atoms with Crippen molar-refractivity contribution in [1.82, 2.24) is 15.6 Å². The van der Waals surface area contributed by atoms with E-state index in [0.29, 0.717) is 12.2 Å². The molecule has 1 aliphatic rings. The first-order valence-electron chi connectivity index (χ1n) is 7.27. The summed E-state index contributed by atoms with van der Waals surface area (Å²) in [7, 11) is 1.35. The first-order valence-corrected chi connectivity index (χ1v) is 7.27. The highest BCUT2D eigenvalue weighted by atomic mass is 16.6. The lowest BCUT2D eigenvalue weighted by Gasteiger charge is -2.19. The number of carbonyl (C=O) groups is 2. The SMILES string of the molecule is COC(=O)c1ccc(CNC2CC2NC(=O)OC(C)(C)C)[nH]1. The molecule has 22 heavy (non-hydrogen) atoms. The number of carbonyl (C=O) groups excluding carboxylic acids is 2. The number of aromatic nitrogens is 1. The van der Waals surface area contributed by atoms with E-state index in [-0.39, 0.29) is 18.1 Å². The second kappa shape index (κ2) is 6.39. The van der Waals surface area contributed by atoms with Crippen molar-refractivity contribution < 1.29 is 19.1 Å². The van der Waals surface area contributed by atoms with E-state index in [0.717, 1.165) is 12.1 Å². The van der Waals surface area contributed by atoms with Crippen LogP contribution < -0.4 is 10.6 Å². The van der Waals surface area contributed by atoms with Gasteiger partial charge >= 0.3 is 12.1 Å². The van der Waals surface area contributed by atoms with Crippen molar-refractivity contribution in [3.63, 3.8) is 0 Å². The van der Waals surface area contributed by atoms with E-state index < -0.39 is 11.7 Å². The quantitative estimate of drug-likeness (QED) is 0.718. The van der Waals surface area contributed by atoms with E-state index in [1.54, 1.807) is 6.07 Å². The van der Waals surface area contributed by atoms with E-state index in [1.807, 2.05) is 26.8 Å². The van der Waals surface area contributed by atoms with E-state index in [1.165, 1.54) is 7.11 Å². The number of H-pyrrole nitrogens is 1. The summed E-state index contributed by atoms with van der Waals surface area (Å²) in [4.78, 5) is 25.9. The highest BCUT2D eigenvalue weighted by Crippen LogP contribution is 2.22. The molecule has 1 amide bonds. The molecule has 0 bridgehead atoms. The van der Waals surface area contributed by atoms with E-state index in [2.05, 4.69) is 20.4 Å². The average molecular weight is 309 g/mol. The monoisotopic (exact) mass is 309 g/mol. The smallest absolute Gasteiger partial charge is 0.407 e. The number of nitrogens with one attached hydrogen (secondary N) is 3. The molecule has 122 valence electrons. The Kier molecular flexibility index (Phi) is 4.75. The fraction of sp³-hybridized carbons (Fsp3) is 0.600. The number of aromatic amines is 1. The predicted molar refractivity (Wildman–Crippen MR) is 80.5 cm³/mol. The average Bonchev–Trinajstić information content (AvgIpc) is 2.97. The van der Waals surface area contributed by atoms with Crippen molar-refractivity contribution in [1.29, 1.82) is 0 Å². The Labute approximate surface area is 129 Å². The van der Waals surface area contributed by atoms with Gasteiger partial charge in [-0.15, -0.1) is 0 Å². The van der Waals surface area contributed by atoms with Gasteiger partial charge in [-0.25, -0.2) is 9.59 Å². The van der Waals surface area contributed by atoms with Crippen molar-refractivity contribution in [2.45, 2.75) is 51.4 Å². The minimum atomic E-state index is -0.490. The molecule has 0 spiro atoms. The molecule has 0 saturated heterocycles. The van der Waals surface area contributed by atoms with Crippen molar-refractivity contribution in [2.75, 3.05) is 7.11 Å². The molecule has 0 aromatic carbocycles. The van der Waals surface area contributed by atoms with Crippen molar-refractivity contribution in [2.24, 2.45) is 0 Å². The predicted octanol–water partition coefficient (Wildman–Crippen LogP) is 1.56. The molecule has 1 aromatic heterocycles. The third-order valence-electron chi connectivity index (χ3n) is 3.20. The van der Waals surface area contributed by atoms with Crippen molar-refractivity contribution >= 4 is 12.1 Å². The Hall–Kier alpha value is -2.02. The molecular weight excluding hydrogens is 286 g/mol. The lowest BCUT2D eigenvalue weighted by Crippen LogP contribution is -2.36. The third kappa shape index (κ3) is 4.77. The molecule has 0 radical (unpaired) electrons. The minimum absolute atomic E-state index is 0.0879. The first kappa shape index (κ1) is 16.4. The zero-order valence-electron chi connectivity index (χ0n) is 13.4. The van der Waals surface area contributed by atoms with Crippen LogP contribution in [0.15, 0.2) is 12.1 Å². The molecule has 2 rings (SSSR count). The Morgan fingerprint density at radius 3 is 2.68 bits per heavy atom. The van der Waals surface area contributed by atoms with Gasteiger partial charge in [0.05, 0.1) is 7.11 Å². The maximum atomic E-state index is 11.6. The number of amides is 1. The van der Waals surface area contributed by atoms with Crippen LogP contribution >= 0.6 is 0 Å². The van der Waals surface area contributed by atoms with Gasteiger partial charge in [0, 0.05) is 24.3 Å². The van der Waals surface area contributed by atoms with Gasteiger partial charge < -0.3 is 25.1 Å². The molecule has 7 heteroatoms. The molecule has 0 aliphatic heterocycles. The van der Waals surface area contributed by atoms with Gasteiger partial charge in [0.25, 0.3) is 0 Å². The summed E-state index contributed by atoms with van der Waals surface area (Å²) in [6.45, 7) is 6.09. The van der Waals surface area contributed by atoms with Crippen molar-refractivity contribution in [3.05, 3.63) is 23.5 Å². The molecule has 1 aromatic rings. The van der Waals surface area contributed by atoms with Gasteiger partial charge in [0.2, 0.25) is 0 Å². The number of hydrogen-bond donors (Lipinski definition) is 3. The fourth-order valence-corrected chi connectivity index (χ4v) is 2.05. The van der Waals surface area contributed by atoms with Crippen molar-refractivity contribution in [3.8, 4) is 0 Å². The Balaban J connectivity index is 1.70. The number of esters is 1. The Bertz CT molecular complexity index is 547. The third-order valence-corrected chi connectivity index (χ3v) is 3.20. The van der Waals surface area contributed by atoms with Gasteiger partial charge in [0.15, 0.2) is 0 Å². The number of ether oxygens (including phenoxy) is 2. The van der Waals surface area contributed by atoms with E-state index in [9.17, 15) is 9.59 Å². The summed E-state index contributed by atoms with van der Waals surface area (Å²) in [5.41, 5.74) is 0.832. The number of methoxy groups -OCH3 is 1. The van der Waals surface area contributed by atoms with Crippen LogP contribution in [0.5, 0.6) is 0 Å². The molecule has 2 unspecified atom stereocenters. The van der Waals surface area contributed by atoms with Crippen LogP contribution in [0.2, 0.25) is 0 Å². The number of hydrogen-bond acceptors (Lipinski definition) is 5. The Morgan fingerprint density at radius 2 is 2.05 bits per heavy atom. The summed E-state index contributed by atoms with van der Waals surface area (Å²) in [5, 5.41) is 6.13. The second-order valence-corrected chi connectivity index (χ2v) is 6.36. The largest absolute Gasteiger partial charge is 0.464 e. The highest BCUT2D eigenvalue weighted by Gasteiger charge is 2.38. The van der Waals surface area contributed by atoms with Gasteiger partial charge in [0.1, 0.15) is 11.3 Å². The molecule has 1 heterocycles. The minimum Gasteiger partial charge on any atom is -0.464 e. The standard InChI is InChI=1S/C15H23N3O4/c1-15(2,3)22-14(20)18-12-7-11(12)16-8-9-5-6-10(17-9)13(19)21-4/h5-6,11-12,16-17H,7-8H2,1-4H3,(H,18,20). The fourth-order valence-electron chi connectivity index (χ4n) is 2.05. The lowest BCUT2D eigenvalue weighted by molar-refractivity contribution is 0.0520. The topological polar surface area (TPSA) is 92.5 Å². The molecular formula is C15H23N3O4. The summed E-state index contributed by atoms with van der Waals surface area (Å²) >= 11 is 0. The van der Waals surface area contributed by atoms with Crippen LogP contribution in [-0.2, 0) is 16.0 Å². The zero-order valence-corrected chi connectivity index (χ0v) is 13.4. The normalized spacial score (nSPS) is 20.4. The van der Waals surface area contributed by atoms with Crippen LogP contribution in [0.25, 0.3) is 0 Å². The zero-order chi connectivity index (χ0) is 16.3. The van der Waals surface area contributed by atoms with E-state index in [4.69, 9.17) is 4.74 Å². The maximum Gasteiger partial charge on any atom is 0.407 e. The maximum absolute atomic E-state index is 11.6. The summed E-state index contributed by atoms with van der Waals surface area (Å²) in [6.07, 6.45) is 0.471. The van der Waals surface area contributed by atoms with Gasteiger partial charge in [-0.2, -0.15) is 0 Å². The number of alkyl carbamates (subject to hydrolysis) is 1. The molecule has 1 saturated carbocycles. The highest BCUT2D eigenvalue weighted by molar-refractivity contribution is 5.87. The Morgan fingerprint density at radius 1 is 1.32 bits per heavy atom. The molecule has 2 atom stereocenters. The van der Waals surface area contributed by atoms with Crippen LogP contribution in [0.4, 0.5) is 4.79 Å². The molecule has 1 aliphatic carbocycles. The van der Waals surface area contributed by atoms with Gasteiger partial charge in [-0.3, -0.25) is 0 Å². The number of rotatable bonds is 5. The summed E-state index contributed by atoms with van der Waals surface area (Å²) < 4.78 is 9.84.